The summed E-state index contributed by atoms with van der Waals surface area (Å²) in [4.78, 5) is 0. The van der Waals surface area contributed by atoms with E-state index in [1.54, 1.807) is 0 Å². The number of fused-ring (bicyclic) bond motifs is 1. The quantitative estimate of drug-likeness (QED) is 0.727. The van der Waals surface area contributed by atoms with E-state index in [0.29, 0.717) is 6.10 Å². The monoisotopic (exact) mass is 204 g/mol. The van der Waals surface area contributed by atoms with Crippen LogP contribution < -0.4 is 4.74 Å². The van der Waals surface area contributed by atoms with Crippen molar-refractivity contribution < 1.29 is 4.74 Å². The van der Waals surface area contributed by atoms with Gasteiger partial charge >= 0.3 is 0 Å². The van der Waals surface area contributed by atoms with Gasteiger partial charge in [0.2, 0.25) is 0 Å². The Kier molecular flexibility index (Phi) is 3.30. The number of hydrogen-bond acceptors (Lipinski definition) is 1. The lowest BCUT2D eigenvalue weighted by Gasteiger charge is -2.27. The molecule has 2 atom stereocenters. The number of hydrogen-bond donors (Lipinski definition) is 0. The molecule has 0 amide bonds. The lowest BCUT2D eigenvalue weighted by atomic mass is 9.94. The molecule has 1 nitrogen and oxygen atoms in total. The number of ether oxygens (including phenoxy) is 1. The van der Waals surface area contributed by atoms with Crippen LogP contribution in [-0.4, -0.2) is 6.10 Å². The van der Waals surface area contributed by atoms with Crippen molar-refractivity contribution in [2.45, 2.75) is 45.6 Å². The summed E-state index contributed by atoms with van der Waals surface area (Å²) in [6, 6.07) is 8.43. The summed E-state index contributed by atoms with van der Waals surface area (Å²) in [6.07, 6.45) is 5.25. The molecule has 0 bridgehead atoms. The van der Waals surface area contributed by atoms with Crippen LogP contribution in [0.5, 0.6) is 5.75 Å². The highest BCUT2D eigenvalue weighted by Crippen LogP contribution is 2.29. The summed E-state index contributed by atoms with van der Waals surface area (Å²) >= 11 is 0. The van der Waals surface area contributed by atoms with Gasteiger partial charge in [0, 0.05) is 0 Å². The Balaban J connectivity index is 1.99. The van der Waals surface area contributed by atoms with Gasteiger partial charge in [-0.05, 0) is 36.8 Å². The molecule has 0 aromatic heterocycles. The van der Waals surface area contributed by atoms with Crippen LogP contribution >= 0.6 is 0 Å². The van der Waals surface area contributed by atoms with Gasteiger partial charge in [0.05, 0.1) is 6.10 Å². The second-order valence-corrected chi connectivity index (χ2v) is 4.64. The van der Waals surface area contributed by atoms with Crippen molar-refractivity contribution in [2.24, 2.45) is 5.92 Å². The Labute approximate surface area is 92.5 Å². The van der Waals surface area contributed by atoms with Gasteiger partial charge in [0.25, 0.3) is 0 Å². The summed E-state index contributed by atoms with van der Waals surface area (Å²) in [6.45, 7) is 4.56. The van der Waals surface area contributed by atoms with E-state index in [2.05, 4.69) is 38.1 Å². The van der Waals surface area contributed by atoms with Crippen molar-refractivity contribution in [3.8, 4) is 5.75 Å². The number of aryl methyl sites for hydroxylation is 1. The molecule has 15 heavy (non-hydrogen) atoms. The van der Waals surface area contributed by atoms with Gasteiger partial charge in [-0.3, -0.25) is 0 Å². The molecular formula is C14H20O. The van der Waals surface area contributed by atoms with E-state index in [9.17, 15) is 0 Å². The third-order valence-corrected chi connectivity index (χ3v) is 3.36. The fraction of sp³-hybridized carbons (Fsp3) is 0.571. The van der Waals surface area contributed by atoms with E-state index in [4.69, 9.17) is 4.74 Å². The molecule has 2 rings (SSSR count). The van der Waals surface area contributed by atoms with Gasteiger partial charge in [-0.1, -0.05) is 38.5 Å². The van der Waals surface area contributed by atoms with E-state index in [0.717, 1.165) is 11.7 Å². The summed E-state index contributed by atoms with van der Waals surface area (Å²) in [5.41, 5.74) is 1.37. The fourth-order valence-electron chi connectivity index (χ4n) is 2.16. The molecule has 0 spiro atoms. The van der Waals surface area contributed by atoms with Crippen LogP contribution in [-0.2, 0) is 6.42 Å². The molecule has 2 unspecified atom stereocenters. The number of benzene rings is 1. The van der Waals surface area contributed by atoms with Crippen LogP contribution in [0.1, 0.15) is 38.7 Å². The zero-order valence-corrected chi connectivity index (χ0v) is 9.70. The highest BCUT2D eigenvalue weighted by molar-refractivity contribution is 5.35. The topological polar surface area (TPSA) is 9.23 Å². The molecule has 1 aliphatic heterocycles. The standard InChI is InChI=1S/C14H20O/c1-3-11(2)10-13-9-8-12-6-4-5-7-14(12)15-13/h4-7,11,13H,3,8-10H2,1-2H3. The summed E-state index contributed by atoms with van der Waals surface area (Å²) in [5.74, 6) is 1.89. The lowest BCUT2D eigenvalue weighted by molar-refractivity contribution is 0.145. The number of rotatable bonds is 3. The molecule has 0 radical (unpaired) electrons. The van der Waals surface area contributed by atoms with Gasteiger partial charge in [0.1, 0.15) is 5.75 Å². The molecule has 82 valence electrons. The van der Waals surface area contributed by atoms with Crippen LogP contribution in [0.4, 0.5) is 0 Å². The second-order valence-electron chi connectivity index (χ2n) is 4.64. The molecule has 0 saturated carbocycles. The summed E-state index contributed by atoms with van der Waals surface area (Å²) < 4.78 is 6.00. The van der Waals surface area contributed by atoms with Crippen molar-refractivity contribution in [3.63, 3.8) is 0 Å². The first-order chi connectivity index (χ1) is 7.29. The average molecular weight is 204 g/mol. The van der Waals surface area contributed by atoms with Crippen LogP contribution in [0, 0.1) is 5.92 Å². The Bertz CT molecular complexity index is 319. The van der Waals surface area contributed by atoms with Gasteiger partial charge in [-0.2, -0.15) is 0 Å². The number of para-hydroxylation sites is 1. The maximum absolute atomic E-state index is 6.00. The molecule has 0 aliphatic carbocycles. The van der Waals surface area contributed by atoms with Gasteiger partial charge in [0.15, 0.2) is 0 Å². The highest BCUT2D eigenvalue weighted by atomic mass is 16.5. The zero-order valence-electron chi connectivity index (χ0n) is 9.70. The molecule has 1 aliphatic rings. The third-order valence-electron chi connectivity index (χ3n) is 3.36. The zero-order chi connectivity index (χ0) is 10.7. The Morgan fingerprint density at radius 1 is 1.40 bits per heavy atom. The van der Waals surface area contributed by atoms with E-state index >= 15 is 0 Å². The first-order valence-electron chi connectivity index (χ1n) is 6.04. The first-order valence-corrected chi connectivity index (χ1v) is 6.04. The molecule has 0 fully saturated rings. The van der Waals surface area contributed by atoms with E-state index in [-0.39, 0.29) is 0 Å². The molecule has 1 heteroatoms. The molecular weight excluding hydrogens is 184 g/mol. The first kappa shape index (κ1) is 10.5. The minimum Gasteiger partial charge on any atom is -0.490 e. The minimum absolute atomic E-state index is 0.440. The van der Waals surface area contributed by atoms with Crippen molar-refractivity contribution in [1.29, 1.82) is 0 Å². The molecule has 1 aromatic carbocycles. The van der Waals surface area contributed by atoms with Crippen LogP contribution in [0.15, 0.2) is 24.3 Å². The van der Waals surface area contributed by atoms with Crippen molar-refractivity contribution in [3.05, 3.63) is 29.8 Å². The minimum atomic E-state index is 0.440. The van der Waals surface area contributed by atoms with E-state index < -0.39 is 0 Å². The smallest absolute Gasteiger partial charge is 0.122 e. The van der Waals surface area contributed by atoms with Crippen molar-refractivity contribution in [1.82, 2.24) is 0 Å². The predicted octanol–water partition coefficient (Wildman–Crippen LogP) is 3.82. The summed E-state index contributed by atoms with van der Waals surface area (Å²) in [7, 11) is 0. The lowest BCUT2D eigenvalue weighted by Crippen LogP contribution is -2.24. The van der Waals surface area contributed by atoms with Gasteiger partial charge in [-0.15, -0.1) is 0 Å². The predicted molar refractivity (Wildman–Crippen MR) is 63.3 cm³/mol. The third kappa shape index (κ3) is 2.53. The van der Waals surface area contributed by atoms with Crippen LogP contribution in [0.2, 0.25) is 0 Å². The van der Waals surface area contributed by atoms with Crippen LogP contribution in [0.3, 0.4) is 0 Å². The molecule has 0 saturated heterocycles. The Morgan fingerprint density at radius 2 is 2.20 bits per heavy atom. The van der Waals surface area contributed by atoms with Crippen molar-refractivity contribution in [2.75, 3.05) is 0 Å². The van der Waals surface area contributed by atoms with Crippen LogP contribution in [0.25, 0.3) is 0 Å². The highest BCUT2D eigenvalue weighted by Gasteiger charge is 2.20. The average Bonchev–Trinajstić information content (AvgIpc) is 2.29. The molecule has 1 heterocycles. The Hall–Kier alpha value is -0.980. The normalized spacial score (nSPS) is 21.6. The second kappa shape index (κ2) is 4.69. The maximum atomic E-state index is 6.00. The molecule has 0 N–H and O–H groups in total. The molecule has 1 aromatic rings. The maximum Gasteiger partial charge on any atom is 0.122 e. The van der Waals surface area contributed by atoms with E-state index in [1.165, 1.54) is 31.2 Å². The summed E-state index contributed by atoms with van der Waals surface area (Å²) in [5, 5.41) is 0. The SMILES string of the molecule is CCC(C)CC1CCc2ccccc2O1. The van der Waals surface area contributed by atoms with Gasteiger partial charge in [-0.25, -0.2) is 0 Å². The van der Waals surface area contributed by atoms with E-state index in [1.807, 2.05) is 0 Å². The largest absolute Gasteiger partial charge is 0.490 e. The Morgan fingerprint density at radius 3 is 3.00 bits per heavy atom. The van der Waals surface area contributed by atoms with Crippen molar-refractivity contribution >= 4 is 0 Å². The van der Waals surface area contributed by atoms with Gasteiger partial charge < -0.3 is 4.74 Å². The fourth-order valence-corrected chi connectivity index (χ4v) is 2.16.